The summed E-state index contributed by atoms with van der Waals surface area (Å²) in [5, 5.41) is 3.28. The minimum atomic E-state index is -0.396. The average Bonchev–Trinajstić information content (AvgIpc) is 2.93. The number of pyridine rings is 1. The Kier molecular flexibility index (Phi) is 4.30. The predicted molar refractivity (Wildman–Crippen MR) is 69.5 cm³/mol. The van der Waals surface area contributed by atoms with Crippen LogP contribution in [0.1, 0.15) is 34.8 Å². The maximum absolute atomic E-state index is 11.3. The lowest BCUT2D eigenvalue weighted by molar-refractivity contribution is 0.0600. The molecule has 0 saturated heterocycles. The van der Waals surface area contributed by atoms with E-state index in [2.05, 4.69) is 15.0 Å². The molecule has 0 spiro atoms. The Morgan fingerprint density at radius 2 is 2.37 bits per heavy atom. The Hall–Kier alpha value is -2.14. The number of aromatic nitrogens is 1. The van der Waals surface area contributed by atoms with Crippen molar-refractivity contribution in [2.45, 2.75) is 19.5 Å². The molecule has 0 fully saturated rings. The molecule has 0 saturated carbocycles. The molecule has 0 aliphatic heterocycles. The molecular weight excluding hydrogens is 244 g/mol. The van der Waals surface area contributed by atoms with E-state index in [1.165, 1.54) is 13.4 Å². The third kappa shape index (κ3) is 3.42. The largest absolute Gasteiger partial charge is 0.467 e. The summed E-state index contributed by atoms with van der Waals surface area (Å²) < 4.78 is 9.91. The van der Waals surface area contributed by atoms with Crippen molar-refractivity contribution in [1.82, 2.24) is 10.3 Å². The molecule has 2 aromatic rings. The smallest absolute Gasteiger partial charge is 0.341 e. The average molecular weight is 260 g/mol. The third-order valence-electron chi connectivity index (χ3n) is 2.79. The Labute approximate surface area is 111 Å². The van der Waals surface area contributed by atoms with Crippen molar-refractivity contribution in [1.29, 1.82) is 0 Å². The number of nitrogens with zero attached hydrogens (tertiary/aromatic N) is 1. The highest BCUT2D eigenvalue weighted by molar-refractivity contribution is 5.88. The van der Waals surface area contributed by atoms with Crippen molar-refractivity contribution >= 4 is 5.97 Å². The zero-order chi connectivity index (χ0) is 13.7. The van der Waals surface area contributed by atoms with Gasteiger partial charge in [-0.1, -0.05) is 6.07 Å². The van der Waals surface area contributed by atoms with Gasteiger partial charge in [-0.25, -0.2) is 4.79 Å². The van der Waals surface area contributed by atoms with Crippen molar-refractivity contribution in [3.8, 4) is 0 Å². The number of esters is 1. The van der Waals surface area contributed by atoms with Crippen molar-refractivity contribution in [3.05, 3.63) is 53.7 Å². The Morgan fingerprint density at radius 3 is 3.05 bits per heavy atom. The summed E-state index contributed by atoms with van der Waals surface area (Å²) in [5.74, 6) is 0.288. The van der Waals surface area contributed by atoms with Crippen molar-refractivity contribution in [3.63, 3.8) is 0 Å². The molecule has 2 heterocycles. The highest BCUT2D eigenvalue weighted by Crippen LogP contribution is 2.12. The highest BCUT2D eigenvalue weighted by Gasteiger charge is 2.11. The minimum Gasteiger partial charge on any atom is -0.467 e. The topological polar surface area (TPSA) is 64.4 Å². The molecule has 2 aromatic heterocycles. The van der Waals surface area contributed by atoms with Crippen LogP contribution < -0.4 is 5.32 Å². The first-order chi connectivity index (χ1) is 9.20. The number of furan rings is 1. The number of hydrogen-bond donors (Lipinski definition) is 1. The van der Waals surface area contributed by atoms with Gasteiger partial charge in [-0.05, 0) is 25.1 Å². The molecule has 5 heteroatoms. The van der Waals surface area contributed by atoms with Gasteiger partial charge in [0, 0.05) is 12.2 Å². The quantitative estimate of drug-likeness (QED) is 0.836. The van der Waals surface area contributed by atoms with Crippen LogP contribution in [0, 0.1) is 0 Å². The van der Waals surface area contributed by atoms with Gasteiger partial charge < -0.3 is 14.5 Å². The second kappa shape index (κ2) is 6.15. The number of carbonyl (C=O) groups excluding carboxylic acids is 1. The maximum atomic E-state index is 11.3. The summed E-state index contributed by atoms with van der Waals surface area (Å²) in [6.07, 6.45) is 3.16. The molecule has 5 nitrogen and oxygen atoms in total. The summed E-state index contributed by atoms with van der Waals surface area (Å²) in [5.41, 5.74) is 1.38. The molecule has 1 atom stereocenters. The molecule has 0 radical (unpaired) electrons. The zero-order valence-corrected chi connectivity index (χ0v) is 10.9. The van der Waals surface area contributed by atoms with E-state index >= 15 is 0 Å². The van der Waals surface area contributed by atoms with Crippen molar-refractivity contribution < 1.29 is 13.9 Å². The number of ether oxygens (including phenoxy) is 1. The Morgan fingerprint density at radius 1 is 1.53 bits per heavy atom. The lowest BCUT2D eigenvalue weighted by Gasteiger charge is -2.11. The van der Waals surface area contributed by atoms with Gasteiger partial charge in [-0.2, -0.15) is 0 Å². The van der Waals surface area contributed by atoms with E-state index in [1.807, 2.05) is 25.1 Å². The van der Waals surface area contributed by atoms with Gasteiger partial charge in [0.15, 0.2) is 0 Å². The standard InChI is InChI=1S/C14H16N2O3/c1-10(13-5-3-4-6-15-13)16-8-12-7-11(9-19-12)14(17)18-2/h3-7,9-10,16H,8H2,1-2H3. The van der Waals surface area contributed by atoms with Crippen LogP contribution in [-0.4, -0.2) is 18.1 Å². The van der Waals surface area contributed by atoms with Crippen LogP contribution in [0.4, 0.5) is 0 Å². The normalized spacial score (nSPS) is 12.1. The fourth-order valence-electron chi connectivity index (χ4n) is 1.69. The molecule has 1 N–H and O–H groups in total. The summed E-state index contributed by atoms with van der Waals surface area (Å²) >= 11 is 0. The maximum Gasteiger partial charge on any atom is 0.341 e. The molecule has 0 aliphatic carbocycles. The molecule has 19 heavy (non-hydrogen) atoms. The number of methoxy groups -OCH3 is 1. The summed E-state index contributed by atoms with van der Waals surface area (Å²) in [7, 11) is 1.34. The van der Waals surface area contributed by atoms with E-state index in [-0.39, 0.29) is 6.04 Å². The Balaban J connectivity index is 1.92. The van der Waals surface area contributed by atoms with Crippen LogP contribution >= 0.6 is 0 Å². The second-order valence-corrected chi connectivity index (χ2v) is 4.15. The highest BCUT2D eigenvalue weighted by atomic mass is 16.5. The second-order valence-electron chi connectivity index (χ2n) is 4.15. The van der Waals surface area contributed by atoms with Crippen LogP contribution in [-0.2, 0) is 11.3 Å². The predicted octanol–water partition coefficient (Wildman–Crippen LogP) is 2.31. The summed E-state index contributed by atoms with van der Waals surface area (Å²) in [4.78, 5) is 15.5. The van der Waals surface area contributed by atoms with Crippen LogP contribution in [0.5, 0.6) is 0 Å². The lowest BCUT2D eigenvalue weighted by atomic mass is 10.2. The third-order valence-corrected chi connectivity index (χ3v) is 2.79. The number of rotatable bonds is 5. The van der Waals surface area contributed by atoms with Crippen molar-refractivity contribution in [2.75, 3.05) is 7.11 Å². The molecular formula is C14H16N2O3. The molecule has 100 valence electrons. The van der Waals surface area contributed by atoms with Gasteiger partial charge >= 0.3 is 5.97 Å². The van der Waals surface area contributed by atoms with Crippen LogP contribution in [0.15, 0.2) is 41.1 Å². The first-order valence-electron chi connectivity index (χ1n) is 6.00. The van der Waals surface area contributed by atoms with Gasteiger partial charge in [0.2, 0.25) is 0 Å². The fraction of sp³-hybridized carbons (Fsp3) is 0.286. The van der Waals surface area contributed by atoms with Gasteiger partial charge in [0.1, 0.15) is 12.0 Å². The Bertz CT molecular complexity index is 537. The van der Waals surface area contributed by atoms with E-state index in [0.29, 0.717) is 17.9 Å². The molecule has 0 aliphatic rings. The molecule has 1 unspecified atom stereocenters. The first-order valence-corrected chi connectivity index (χ1v) is 6.00. The summed E-state index contributed by atoms with van der Waals surface area (Å²) in [6, 6.07) is 7.56. The molecule has 0 bridgehead atoms. The first kappa shape index (κ1) is 13.3. The molecule has 0 amide bonds. The monoisotopic (exact) mass is 260 g/mol. The number of hydrogen-bond acceptors (Lipinski definition) is 5. The van der Waals surface area contributed by atoms with Crippen LogP contribution in [0.3, 0.4) is 0 Å². The van der Waals surface area contributed by atoms with E-state index in [1.54, 1.807) is 12.3 Å². The van der Waals surface area contributed by atoms with Gasteiger partial charge in [-0.3, -0.25) is 4.98 Å². The van der Waals surface area contributed by atoms with Gasteiger partial charge in [-0.15, -0.1) is 0 Å². The van der Waals surface area contributed by atoms with Crippen LogP contribution in [0.25, 0.3) is 0 Å². The SMILES string of the molecule is COC(=O)c1coc(CNC(C)c2ccccn2)c1. The number of nitrogens with one attached hydrogen (secondary N) is 1. The van der Waals surface area contributed by atoms with E-state index in [9.17, 15) is 4.79 Å². The van der Waals surface area contributed by atoms with Gasteiger partial charge in [0.05, 0.1) is 24.9 Å². The molecule has 2 rings (SSSR count). The van der Waals surface area contributed by atoms with Crippen molar-refractivity contribution in [2.24, 2.45) is 0 Å². The zero-order valence-electron chi connectivity index (χ0n) is 10.9. The summed E-state index contributed by atoms with van der Waals surface area (Å²) in [6.45, 7) is 2.54. The van der Waals surface area contributed by atoms with E-state index in [4.69, 9.17) is 4.42 Å². The lowest BCUT2D eigenvalue weighted by Crippen LogP contribution is -2.18. The minimum absolute atomic E-state index is 0.105. The molecule has 0 aromatic carbocycles. The van der Waals surface area contributed by atoms with E-state index < -0.39 is 5.97 Å². The van der Waals surface area contributed by atoms with E-state index in [0.717, 1.165) is 5.69 Å². The fourth-order valence-corrected chi connectivity index (χ4v) is 1.69. The number of carbonyl (C=O) groups is 1. The van der Waals surface area contributed by atoms with Crippen LogP contribution in [0.2, 0.25) is 0 Å². The van der Waals surface area contributed by atoms with Gasteiger partial charge in [0.25, 0.3) is 0 Å².